The minimum Gasteiger partial charge on any atom is -0.299 e. The van der Waals surface area contributed by atoms with Gasteiger partial charge < -0.3 is 0 Å². The first kappa shape index (κ1) is 13.8. The van der Waals surface area contributed by atoms with Crippen LogP contribution in [0.25, 0.3) is 0 Å². The van der Waals surface area contributed by atoms with Crippen molar-refractivity contribution >= 4 is 17.4 Å². The quantitative estimate of drug-likeness (QED) is 0.860. The van der Waals surface area contributed by atoms with Crippen LogP contribution in [0.2, 0.25) is 5.02 Å². The van der Waals surface area contributed by atoms with Gasteiger partial charge in [-0.15, -0.1) is 0 Å². The molecule has 3 nitrogen and oxygen atoms in total. The minimum absolute atomic E-state index is 0.149. The van der Waals surface area contributed by atoms with Crippen LogP contribution < -0.4 is 0 Å². The Bertz CT molecular complexity index is 617. The van der Waals surface area contributed by atoms with E-state index in [1.807, 2.05) is 45.2 Å². The summed E-state index contributed by atoms with van der Waals surface area (Å²) < 4.78 is 1.69. The lowest BCUT2D eigenvalue weighted by atomic mass is 10.0. The summed E-state index contributed by atoms with van der Waals surface area (Å²) in [5.74, 6) is 0.149. The highest BCUT2D eigenvalue weighted by Crippen LogP contribution is 2.20. The van der Waals surface area contributed by atoms with Gasteiger partial charge in [-0.1, -0.05) is 41.4 Å². The molecule has 0 aliphatic heterocycles. The van der Waals surface area contributed by atoms with E-state index in [0.717, 1.165) is 17.0 Å². The molecule has 2 aromatic rings. The van der Waals surface area contributed by atoms with E-state index in [4.69, 9.17) is 11.6 Å². The third-order valence-corrected chi connectivity index (χ3v) is 3.60. The lowest BCUT2D eigenvalue weighted by Crippen LogP contribution is -2.10. The summed E-state index contributed by atoms with van der Waals surface area (Å²) in [6.07, 6.45) is 0.756. The van der Waals surface area contributed by atoms with Gasteiger partial charge >= 0.3 is 0 Å². The Kier molecular flexibility index (Phi) is 4.05. The lowest BCUT2D eigenvalue weighted by Gasteiger charge is -2.04. The number of carbonyl (C=O) groups excluding carboxylic acids is 1. The molecule has 4 heteroatoms. The molecule has 0 saturated carbocycles. The first-order valence-electron chi connectivity index (χ1n) is 6.22. The van der Waals surface area contributed by atoms with Crippen molar-refractivity contribution < 1.29 is 4.79 Å². The van der Waals surface area contributed by atoms with Gasteiger partial charge in [-0.25, -0.2) is 0 Å². The molecule has 19 heavy (non-hydrogen) atoms. The number of rotatable bonds is 4. The SMILES string of the molecule is Cc1cccc(CC(=O)Cc2c(Cl)c(C)nn2C)c1. The highest BCUT2D eigenvalue weighted by Gasteiger charge is 2.15. The summed E-state index contributed by atoms with van der Waals surface area (Å²) in [6, 6.07) is 8.00. The number of carbonyl (C=O) groups is 1. The maximum Gasteiger partial charge on any atom is 0.143 e. The molecule has 2 rings (SSSR count). The van der Waals surface area contributed by atoms with E-state index in [1.54, 1.807) is 4.68 Å². The average molecular weight is 277 g/mol. The Morgan fingerprint density at radius 1 is 1.32 bits per heavy atom. The molecule has 0 aliphatic carbocycles. The molecule has 0 unspecified atom stereocenters. The van der Waals surface area contributed by atoms with Gasteiger partial charge in [0.25, 0.3) is 0 Å². The number of halogens is 1. The Morgan fingerprint density at radius 2 is 2.05 bits per heavy atom. The van der Waals surface area contributed by atoms with Crippen LogP contribution in [0.3, 0.4) is 0 Å². The maximum absolute atomic E-state index is 12.1. The predicted molar refractivity (Wildman–Crippen MR) is 76.5 cm³/mol. The maximum atomic E-state index is 12.1. The Hall–Kier alpha value is -1.61. The van der Waals surface area contributed by atoms with E-state index in [-0.39, 0.29) is 5.78 Å². The Balaban J connectivity index is 2.09. The average Bonchev–Trinajstić information content (AvgIpc) is 2.56. The molecule has 0 atom stereocenters. The molecular formula is C15H17ClN2O. The van der Waals surface area contributed by atoms with E-state index >= 15 is 0 Å². The summed E-state index contributed by atoms with van der Waals surface area (Å²) in [4.78, 5) is 12.1. The smallest absolute Gasteiger partial charge is 0.143 e. The monoisotopic (exact) mass is 276 g/mol. The van der Waals surface area contributed by atoms with Crippen molar-refractivity contribution in [3.63, 3.8) is 0 Å². The normalized spacial score (nSPS) is 10.7. The number of hydrogen-bond acceptors (Lipinski definition) is 2. The van der Waals surface area contributed by atoms with Crippen molar-refractivity contribution in [3.05, 3.63) is 51.8 Å². The van der Waals surface area contributed by atoms with Crippen molar-refractivity contribution in [3.8, 4) is 0 Å². The summed E-state index contributed by atoms with van der Waals surface area (Å²) >= 11 is 6.15. The number of aromatic nitrogens is 2. The fourth-order valence-corrected chi connectivity index (χ4v) is 2.40. The molecule has 0 spiro atoms. The van der Waals surface area contributed by atoms with Gasteiger partial charge in [0, 0.05) is 13.5 Å². The fraction of sp³-hybridized carbons (Fsp3) is 0.333. The molecule has 0 bridgehead atoms. The van der Waals surface area contributed by atoms with Crippen LogP contribution in [0.5, 0.6) is 0 Å². The van der Waals surface area contributed by atoms with Crippen molar-refractivity contribution in [1.82, 2.24) is 9.78 Å². The van der Waals surface area contributed by atoms with Crippen molar-refractivity contribution in [1.29, 1.82) is 0 Å². The van der Waals surface area contributed by atoms with Crippen LogP contribution in [-0.2, 0) is 24.7 Å². The van der Waals surface area contributed by atoms with Crippen molar-refractivity contribution in [2.75, 3.05) is 0 Å². The van der Waals surface area contributed by atoms with E-state index in [9.17, 15) is 4.79 Å². The Labute approximate surface area is 118 Å². The second-order valence-corrected chi connectivity index (χ2v) is 5.23. The minimum atomic E-state index is 0.149. The van der Waals surface area contributed by atoms with Crippen LogP contribution in [0.15, 0.2) is 24.3 Å². The summed E-state index contributed by atoms with van der Waals surface area (Å²) in [5.41, 5.74) is 3.76. The molecule has 0 saturated heterocycles. The number of Topliss-reactive ketones (excluding diaryl/α,β-unsaturated/α-hetero) is 1. The van der Waals surface area contributed by atoms with Crippen molar-refractivity contribution in [2.45, 2.75) is 26.7 Å². The van der Waals surface area contributed by atoms with Gasteiger partial charge in [-0.2, -0.15) is 5.10 Å². The fourth-order valence-electron chi connectivity index (χ4n) is 2.17. The van der Waals surface area contributed by atoms with Gasteiger partial charge in [0.1, 0.15) is 5.78 Å². The molecule has 0 fully saturated rings. The summed E-state index contributed by atoms with van der Waals surface area (Å²) in [5, 5.41) is 4.81. The number of ketones is 1. The van der Waals surface area contributed by atoms with Crippen LogP contribution in [0.1, 0.15) is 22.5 Å². The van der Waals surface area contributed by atoms with Crippen LogP contribution >= 0.6 is 11.6 Å². The van der Waals surface area contributed by atoms with E-state index in [2.05, 4.69) is 5.10 Å². The number of hydrogen-bond donors (Lipinski definition) is 0. The topological polar surface area (TPSA) is 34.9 Å². The third kappa shape index (κ3) is 3.24. The number of nitrogens with zero attached hydrogens (tertiary/aromatic N) is 2. The molecule has 0 aliphatic rings. The first-order chi connectivity index (χ1) is 8.97. The van der Waals surface area contributed by atoms with Gasteiger partial charge in [0.2, 0.25) is 0 Å². The van der Waals surface area contributed by atoms with Crippen LogP contribution in [-0.4, -0.2) is 15.6 Å². The van der Waals surface area contributed by atoms with Gasteiger partial charge in [-0.05, 0) is 19.4 Å². The highest BCUT2D eigenvalue weighted by atomic mass is 35.5. The molecule has 1 aromatic heterocycles. The standard InChI is InChI=1S/C15H17ClN2O/c1-10-5-4-6-12(7-10)8-13(19)9-14-15(16)11(2)17-18(14)3/h4-7H,8-9H2,1-3H3. The molecule has 1 heterocycles. The molecule has 100 valence electrons. The molecular weight excluding hydrogens is 260 g/mol. The second-order valence-electron chi connectivity index (χ2n) is 4.85. The van der Waals surface area contributed by atoms with Crippen LogP contribution in [0.4, 0.5) is 0 Å². The molecule has 1 aromatic carbocycles. The van der Waals surface area contributed by atoms with Crippen LogP contribution in [0, 0.1) is 13.8 Å². The first-order valence-corrected chi connectivity index (χ1v) is 6.60. The van der Waals surface area contributed by atoms with E-state index in [1.165, 1.54) is 5.56 Å². The molecule has 0 radical (unpaired) electrons. The largest absolute Gasteiger partial charge is 0.299 e. The summed E-state index contributed by atoms with van der Waals surface area (Å²) in [7, 11) is 1.81. The zero-order valence-electron chi connectivity index (χ0n) is 11.4. The van der Waals surface area contributed by atoms with Gasteiger partial charge in [-0.3, -0.25) is 9.48 Å². The zero-order chi connectivity index (χ0) is 14.0. The second kappa shape index (κ2) is 5.57. The van der Waals surface area contributed by atoms with E-state index in [0.29, 0.717) is 17.9 Å². The van der Waals surface area contributed by atoms with Gasteiger partial charge in [0.05, 0.1) is 22.8 Å². The van der Waals surface area contributed by atoms with E-state index < -0.39 is 0 Å². The highest BCUT2D eigenvalue weighted by molar-refractivity contribution is 6.32. The molecule has 0 amide bonds. The predicted octanol–water partition coefficient (Wildman–Crippen LogP) is 3.04. The van der Waals surface area contributed by atoms with Gasteiger partial charge in [0.15, 0.2) is 0 Å². The number of benzene rings is 1. The molecule has 0 N–H and O–H groups in total. The zero-order valence-corrected chi connectivity index (χ0v) is 12.2. The third-order valence-electron chi connectivity index (χ3n) is 3.11. The van der Waals surface area contributed by atoms with Crippen molar-refractivity contribution in [2.24, 2.45) is 7.05 Å². The lowest BCUT2D eigenvalue weighted by molar-refractivity contribution is -0.117. The number of aryl methyl sites for hydroxylation is 3. The Morgan fingerprint density at radius 3 is 2.63 bits per heavy atom. The summed E-state index contributed by atoms with van der Waals surface area (Å²) in [6.45, 7) is 3.87.